The van der Waals surface area contributed by atoms with Gasteiger partial charge in [0.25, 0.3) is 15.6 Å². The third kappa shape index (κ3) is 2.87. The van der Waals surface area contributed by atoms with E-state index in [1.54, 1.807) is 0 Å². The molecule has 1 aromatic carbocycles. The minimum Gasteiger partial charge on any atom is -0.396 e. The Morgan fingerprint density at radius 1 is 1.33 bits per heavy atom. The van der Waals surface area contributed by atoms with Crippen molar-refractivity contribution < 1.29 is 12.8 Å². The standard InChI is InChI=1S/C12H13FN4O3S/c1-6-5-8(13)11(14)7(2)12(6)21(19,20)17-9-3-4-10(18)16-15-9/h3-5H,14H2,1-2H3,(H,15,17)(H,16,18). The van der Waals surface area contributed by atoms with Gasteiger partial charge in [0.05, 0.1) is 10.6 Å². The minimum absolute atomic E-state index is 0.0590. The molecule has 0 aliphatic carbocycles. The predicted molar refractivity (Wildman–Crippen MR) is 76.0 cm³/mol. The molecule has 0 saturated carbocycles. The highest BCUT2D eigenvalue weighted by atomic mass is 32.2. The molecule has 0 aliphatic heterocycles. The number of hydrogen-bond donors (Lipinski definition) is 3. The van der Waals surface area contributed by atoms with Gasteiger partial charge in [-0.05, 0) is 37.1 Å². The number of aromatic amines is 1. The van der Waals surface area contributed by atoms with Crippen molar-refractivity contribution in [1.82, 2.24) is 10.2 Å². The summed E-state index contributed by atoms with van der Waals surface area (Å²) >= 11 is 0. The Labute approximate surface area is 120 Å². The summed E-state index contributed by atoms with van der Waals surface area (Å²) in [4.78, 5) is 10.8. The van der Waals surface area contributed by atoms with E-state index in [0.717, 1.165) is 12.1 Å². The number of hydrogen-bond acceptors (Lipinski definition) is 5. The fraction of sp³-hybridized carbons (Fsp3) is 0.167. The highest BCUT2D eigenvalue weighted by molar-refractivity contribution is 7.92. The van der Waals surface area contributed by atoms with Gasteiger partial charge in [-0.3, -0.25) is 9.52 Å². The minimum atomic E-state index is -4.01. The summed E-state index contributed by atoms with van der Waals surface area (Å²) in [6.45, 7) is 2.88. The molecule has 7 nitrogen and oxygen atoms in total. The van der Waals surface area contributed by atoms with Crippen LogP contribution in [0.4, 0.5) is 15.9 Å². The molecule has 0 radical (unpaired) electrons. The van der Waals surface area contributed by atoms with Crippen molar-refractivity contribution in [3.8, 4) is 0 Å². The lowest BCUT2D eigenvalue weighted by Gasteiger charge is -2.14. The van der Waals surface area contributed by atoms with Gasteiger partial charge in [-0.1, -0.05) is 0 Å². The maximum absolute atomic E-state index is 13.5. The van der Waals surface area contributed by atoms with Crippen molar-refractivity contribution in [3.05, 3.63) is 45.5 Å². The molecular formula is C12H13FN4O3S. The van der Waals surface area contributed by atoms with Crippen molar-refractivity contribution in [2.24, 2.45) is 0 Å². The molecule has 0 unspecified atom stereocenters. The molecule has 0 aliphatic rings. The molecule has 0 saturated heterocycles. The first-order chi connectivity index (χ1) is 9.72. The molecule has 2 rings (SSSR count). The zero-order chi connectivity index (χ0) is 15.8. The van der Waals surface area contributed by atoms with Crippen LogP contribution in [0.5, 0.6) is 0 Å². The molecule has 0 fully saturated rings. The summed E-state index contributed by atoms with van der Waals surface area (Å²) in [7, 11) is -4.01. The Morgan fingerprint density at radius 3 is 2.57 bits per heavy atom. The van der Waals surface area contributed by atoms with Crippen molar-refractivity contribution >= 4 is 21.5 Å². The first-order valence-electron chi connectivity index (χ1n) is 5.86. The van der Waals surface area contributed by atoms with Crippen molar-refractivity contribution in [2.45, 2.75) is 18.7 Å². The fourth-order valence-electron chi connectivity index (χ4n) is 1.93. The quantitative estimate of drug-likeness (QED) is 0.728. The van der Waals surface area contributed by atoms with E-state index in [1.165, 1.54) is 19.9 Å². The number of anilines is 2. The highest BCUT2D eigenvalue weighted by Crippen LogP contribution is 2.28. The van der Waals surface area contributed by atoms with Crippen LogP contribution < -0.4 is 16.0 Å². The summed E-state index contributed by atoms with van der Waals surface area (Å²) in [6, 6.07) is 3.40. The van der Waals surface area contributed by atoms with Gasteiger partial charge in [-0.15, -0.1) is 0 Å². The zero-order valence-electron chi connectivity index (χ0n) is 11.3. The lowest BCUT2D eigenvalue weighted by atomic mass is 10.1. The molecule has 1 heterocycles. The maximum atomic E-state index is 13.5. The third-order valence-electron chi connectivity index (χ3n) is 2.89. The fourth-order valence-corrected chi connectivity index (χ4v) is 3.42. The summed E-state index contributed by atoms with van der Waals surface area (Å²) < 4.78 is 40.4. The first kappa shape index (κ1) is 15.0. The van der Waals surface area contributed by atoms with E-state index >= 15 is 0 Å². The molecule has 21 heavy (non-hydrogen) atoms. The van der Waals surface area contributed by atoms with Gasteiger partial charge in [-0.25, -0.2) is 17.9 Å². The largest absolute Gasteiger partial charge is 0.396 e. The molecule has 0 atom stereocenters. The van der Waals surface area contributed by atoms with E-state index < -0.39 is 21.4 Å². The van der Waals surface area contributed by atoms with Crippen LogP contribution in [0.15, 0.2) is 27.9 Å². The second kappa shape index (κ2) is 5.17. The summed E-state index contributed by atoms with van der Waals surface area (Å²) in [5, 5.41) is 5.66. The van der Waals surface area contributed by atoms with E-state index in [2.05, 4.69) is 14.9 Å². The van der Waals surface area contributed by atoms with Gasteiger partial charge < -0.3 is 5.73 Å². The lowest BCUT2D eigenvalue weighted by Crippen LogP contribution is -2.19. The second-order valence-electron chi connectivity index (χ2n) is 4.46. The van der Waals surface area contributed by atoms with Crippen LogP contribution in [0.25, 0.3) is 0 Å². The van der Waals surface area contributed by atoms with E-state index in [9.17, 15) is 17.6 Å². The number of rotatable bonds is 3. The molecule has 0 spiro atoms. The third-order valence-corrected chi connectivity index (χ3v) is 4.53. The average molecular weight is 312 g/mol. The van der Waals surface area contributed by atoms with Gasteiger partial charge >= 0.3 is 0 Å². The Kier molecular flexibility index (Phi) is 3.69. The van der Waals surface area contributed by atoms with Crippen LogP contribution in [-0.2, 0) is 10.0 Å². The van der Waals surface area contributed by atoms with E-state index in [0.29, 0.717) is 0 Å². The van der Waals surface area contributed by atoms with Crippen LogP contribution in [-0.4, -0.2) is 18.6 Å². The van der Waals surface area contributed by atoms with Gasteiger partial charge in [-0.2, -0.15) is 5.10 Å². The Morgan fingerprint density at radius 2 is 2.00 bits per heavy atom. The van der Waals surface area contributed by atoms with Crippen LogP contribution >= 0.6 is 0 Å². The van der Waals surface area contributed by atoms with E-state index in [-0.39, 0.29) is 27.5 Å². The molecule has 9 heteroatoms. The smallest absolute Gasteiger partial charge is 0.264 e. The van der Waals surface area contributed by atoms with Gasteiger partial charge in [0, 0.05) is 6.07 Å². The number of aromatic nitrogens is 2. The van der Waals surface area contributed by atoms with Crippen molar-refractivity contribution in [3.63, 3.8) is 0 Å². The Hall–Kier alpha value is -2.42. The number of H-pyrrole nitrogens is 1. The highest BCUT2D eigenvalue weighted by Gasteiger charge is 2.23. The van der Waals surface area contributed by atoms with E-state index in [4.69, 9.17) is 5.73 Å². The molecule has 112 valence electrons. The predicted octanol–water partition coefficient (Wildman–Crippen LogP) is 0.909. The van der Waals surface area contributed by atoms with Gasteiger partial charge in [0.1, 0.15) is 5.82 Å². The molecular weight excluding hydrogens is 299 g/mol. The van der Waals surface area contributed by atoms with Crippen LogP contribution in [0.2, 0.25) is 0 Å². The first-order valence-corrected chi connectivity index (χ1v) is 7.34. The summed E-state index contributed by atoms with van der Waals surface area (Å²) in [6.07, 6.45) is 0. The normalized spacial score (nSPS) is 11.4. The number of nitrogens with zero attached hydrogens (tertiary/aromatic N) is 1. The number of nitrogens with one attached hydrogen (secondary N) is 2. The topological polar surface area (TPSA) is 118 Å². The van der Waals surface area contributed by atoms with Crippen LogP contribution in [0.3, 0.4) is 0 Å². The molecule has 0 amide bonds. The van der Waals surface area contributed by atoms with E-state index in [1.807, 2.05) is 0 Å². The number of halogens is 1. The number of aryl methyl sites for hydroxylation is 1. The molecule has 2 aromatic rings. The average Bonchev–Trinajstić information content (AvgIpc) is 2.38. The SMILES string of the molecule is Cc1cc(F)c(N)c(C)c1S(=O)(=O)Nc1ccc(=O)[nH]n1. The Balaban J connectivity index is 2.52. The molecule has 1 aromatic heterocycles. The number of nitrogen functional groups attached to an aromatic ring is 1. The van der Waals surface area contributed by atoms with Gasteiger partial charge in [0.2, 0.25) is 0 Å². The Bertz CT molecular complexity index is 841. The molecule has 0 bridgehead atoms. The number of nitrogens with two attached hydrogens (primary N) is 1. The second-order valence-corrected chi connectivity index (χ2v) is 6.07. The van der Waals surface area contributed by atoms with Crippen molar-refractivity contribution in [1.29, 1.82) is 0 Å². The summed E-state index contributed by atoms with van der Waals surface area (Å²) in [5.74, 6) is -0.734. The van der Waals surface area contributed by atoms with Crippen LogP contribution in [0, 0.1) is 19.7 Å². The van der Waals surface area contributed by atoms with Crippen LogP contribution in [0.1, 0.15) is 11.1 Å². The monoisotopic (exact) mass is 312 g/mol. The lowest BCUT2D eigenvalue weighted by molar-refractivity contribution is 0.598. The zero-order valence-corrected chi connectivity index (χ0v) is 12.1. The van der Waals surface area contributed by atoms with Crippen molar-refractivity contribution in [2.75, 3.05) is 10.5 Å². The van der Waals surface area contributed by atoms with Gasteiger partial charge in [0.15, 0.2) is 5.82 Å². The molecule has 4 N–H and O–H groups in total. The number of sulfonamides is 1. The maximum Gasteiger partial charge on any atom is 0.264 e. The summed E-state index contributed by atoms with van der Waals surface area (Å²) in [5.41, 5.74) is 5.18. The number of benzene rings is 1.